The van der Waals surface area contributed by atoms with Crippen LogP contribution in [0.3, 0.4) is 0 Å². The van der Waals surface area contributed by atoms with Crippen LogP contribution in [0.25, 0.3) is 0 Å². The summed E-state index contributed by atoms with van der Waals surface area (Å²) < 4.78 is 5.85. The van der Waals surface area contributed by atoms with Crippen molar-refractivity contribution in [2.45, 2.75) is 16.5 Å². The number of thioether (sulfide) groups is 1. The SMILES string of the molecule is COc1ccc(NC(=O)C(C)Sc2nnc(Nc3ccccc3)s2)cc1. The van der Waals surface area contributed by atoms with Crippen molar-refractivity contribution in [3.63, 3.8) is 0 Å². The van der Waals surface area contributed by atoms with Gasteiger partial charge in [-0.2, -0.15) is 0 Å². The number of ether oxygens (including phenoxy) is 1. The lowest BCUT2D eigenvalue weighted by atomic mass is 10.3. The summed E-state index contributed by atoms with van der Waals surface area (Å²) in [6.45, 7) is 1.84. The monoisotopic (exact) mass is 386 g/mol. The van der Waals surface area contributed by atoms with Gasteiger partial charge in [0.2, 0.25) is 11.0 Å². The normalized spacial score (nSPS) is 11.6. The summed E-state index contributed by atoms with van der Waals surface area (Å²) in [4.78, 5) is 12.3. The molecule has 0 spiro atoms. The number of hydrogen-bond donors (Lipinski definition) is 2. The molecule has 1 atom stereocenters. The lowest BCUT2D eigenvalue weighted by molar-refractivity contribution is -0.115. The molecule has 1 amide bonds. The largest absolute Gasteiger partial charge is 0.497 e. The standard InChI is InChI=1S/C18H18N4O2S2/c1-12(16(23)19-14-8-10-15(24-2)11-9-14)25-18-22-21-17(26-18)20-13-6-4-3-5-7-13/h3-12H,1-2H3,(H,19,23)(H,20,21). The Balaban J connectivity index is 1.55. The molecule has 1 unspecified atom stereocenters. The van der Waals surface area contributed by atoms with Gasteiger partial charge >= 0.3 is 0 Å². The molecule has 8 heteroatoms. The third-order valence-corrected chi connectivity index (χ3v) is 5.46. The van der Waals surface area contributed by atoms with E-state index in [9.17, 15) is 4.79 Å². The van der Waals surface area contributed by atoms with E-state index in [1.807, 2.05) is 37.3 Å². The molecule has 1 heterocycles. The number of nitrogens with one attached hydrogen (secondary N) is 2. The first-order chi connectivity index (χ1) is 12.6. The average Bonchev–Trinajstić information content (AvgIpc) is 3.10. The van der Waals surface area contributed by atoms with Crippen molar-refractivity contribution in [2.24, 2.45) is 0 Å². The zero-order chi connectivity index (χ0) is 18.4. The summed E-state index contributed by atoms with van der Waals surface area (Å²) in [6, 6.07) is 17.0. The van der Waals surface area contributed by atoms with Crippen LogP contribution in [-0.4, -0.2) is 28.5 Å². The molecule has 0 aliphatic rings. The molecule has 3 aromatic rings. The molecule has 2 aromatic carbocycles. The van der Waals surface area contributed by atoms with Gasteiger partial charge in [-0.05, 0) is 43.3 Å². The molecule has 0 radical (unpaired) electrons. The van der Waals surface area contributed by atoms with Gasteiger partial charge in [-0.3, -0.25) is 4.79 Å². The fourth-order valence-electron chi connectivity index (χ4n) is 2.08. The van der Waals surface area contributed by atoms with Crippen molar-refractivity contribution >= 4 is 45.5 Å². The van der Waals surface area contributed by atoms with Gasteiger partial charge in [0.05, 0.1) is 12.4 Å². The summed E-state index contributed by atoms with van der Waals surface area (Å²) in [7, 11) is 1.61. The summed E-state index contributed by atoms with van der Waals surface area (Å²) >= 11 is 2.80. The third kappa shape index (κ3) is 4.96. The smallest absolute Gasteiger partial charge is 0.237 e. The van der Waals surface area contributed by atoms with Crippen LogP contribution >= 0.6 is 23.1 Å². The Morgan fingerprint density at radius 1 is 1.08 bits per heavy atom. The fourth-order valence-corrected chi connectivity index (χ4v) is 3.99. The molecule has 0 bridgehead atoms. The van der Waals surface area contributed by atoms with Crippen molar-refractivity contribution in [2.75, 3.05) is 17.7 Å². The molecule has 0 saturated heterocycles. The Labute approximate surface area is 160 Å². The number of nitrogens with zero attached hydrogens (tertiary/aromatic N) is 2. The number of anilines is 3. The second-order valence-corrected chi connectivity index (χ2v) is 7.91. The van der Waals surface area contributed by atoms with Crippen molar-refractivity contribution < 1.29 is 9.53 Å². The van der Waals surface area contributed by atoms with Gasteiger partial charge < -0.3 is 15.4 Å². The first kappa shape index (κ1) is 18.2. The van der Waals surface area contributed by atoms with Crippen LogP contribution in [0.4, 0.5) is 16.5 Å². The molecule has 26 heavy (non-hydrogen) atoms. The Bertz CT molecular complexity index is 853. The van der Waals surface area contributed by atoms with Gasteiger partial charge in [0.1, 0.15) is 5.75 Å². The lowest BCUT2D eigenvalue weighted by Gasteiger charge is -2.10. The number of rotatable bonds is 7. The van der Waals surface area contributed by atoms with Crippen LogP contribution in [-0.2, 0) is 4.79 Å². The average molecular weight is 387 g/mol. The van der Waals surface area contributed by atoms with Crippen LogP contribution < -0.4 is 15.4 Å². The minimum absolute atomic E-state index is 0.0899. The highest BCUT2D eigenvalue weighted by molar-refractivity contribution is 8.02. The van der Waals surface area contributed by atoms with E-state index in [2.05, 4.69) is 20.8 Å². The van der Waals surface area contributed by atoms with E-state index >= 15 is 0 Å². The number of carbonyl (C=O) groups excluding carboxylic acids is 1. The van der Waals surface area contributed by atoms with Crippen molar-refractivity contribution in [1.29, 1.82) is 0 Å². The van der Waals surface area contributed by atoms with Gasteiger partial charge in [0.15, 0.2) is 4.34 Å². The Kier molecular flexibility index (Phi) is 6.08. The van der Waals surface area contributed by atoms with Crippen LogP contribution in [0.2, 0.25) is 0 Å². The predicted octanol–water partition coefficient (Wildman–Crippen LogP) is 4.41. The maximum absolute atomic E-state index is 12.3. The number of hydrogen-bond acceptors (Lipinski definition) is 7. The van der Waals surface area contributed by atoms with Crippen LogP contribution in [0.15, 0.2) is 58.9 Å². The quantitative estimate of drug-likeness (QED) is 0.586. The van der Waals surface area contributed by atoms with Crippen molar-refractivity contribution in [3.8, 4) is 5.75 Å². The van der Waals surface area contributed by atoms with E-state index in [4.69, 9.17) is 4.74 Å². The van der Waals surface area contributed by atoms with Crippen molar-refractivity contribution in [1.82, 2.24) is 10.2 Å². The molecule has 3 rings (SSSR count). The van der Waals surface area contributed by atoms with E-state index in [-0.39, 0.29) is 11.2 Å². The van der Waals surface area contributed by atoms with E-state index in [0.717, 1.165) is 21.5 Å². The Hall–Kier alpha value is -2.58. The number of benzene rings is 2. The van der Waals surface area contributed by atoms with Crippen LogP contribution in [0.1, 0.15) is 6.92 Å². The second-order valence-electron chi connectivity index (χ2n) is 5.34. The molecule has 2 N–H and O–H groups in total. The van der Waals surface area contributed by atoms with E-state index < -0.39 is 0 Å². The molecule has 6 nitrogen and oxygen atoms in total. The van der Waals surface area contributed by atoms with E-state index in [1.165, 1.54) is 23.1 Å². The van der Waals surface area contributed by atoms with Gasteiger partial charge in [-0.25, -0.2) is 0 Å². The van der Waals surface area contributed by atoms with Gasteiger partial charge in [0.25, 0.3) is 0 Å². The van der Waals surface area contributed by atoms with Crippen LogP contribution in [0, 0.1) is 0 Å². The molecule has 0 fully saturated rings. The topological polar surface area (TPSA) is 76.1 Å². The fraction of sp³-hybridized carbons (Fsp3) is 0.167. The zero-order valence-corrected chi connectivity index (χ0v) is 15.9. The molecule has 1 aromatic heterocycles. The number of aromatic nitrogens is 2. The Morgan fingerprint density at radius 3 is 2.50 bits per heavy atom. The van der Waals surface area contributed by atoms with Gasteiger partial charge in [-0.1, -0.05) is 41.3 Å². The highest BCUT2D eigenvalue weighted by Crippen LogP contribution is 2.30. The lowest BCUT2D eigenvalue weighted by Crippen LogP contribution is -2.22. The highest BCUT2D eigenvalue weighted by Gasteiger charge is 2.17. The third-order valence-electron chi connectivity index (χ3n) is 3.44. The molecule has 0 saturated carbocycles. The summed E-state index contributed by atoms with van der Waals surface area (Å²) in [5, 5.41) is 14.7. The molecule has 0 aliphatic carbocycles. The minimum Gasteiger partial charge on any atom is -0.497 e. The summed E-state index contributed by atoms with van der Waals surface area (Å²) in [6.07, 6.45) is 0. The predicted molar refractivity (Wildman–Crippen MR) is 107 cm³/mol. The molecular formula is C18H18N4O2S2. The maximum atomic E-state index is 12.3. The zero-order valence-electron chi connectivity index (χ0n) is 14.3. The number of methoxy groups -OCH3 is 1. The first-order valence-corrected chi connectivity index (χ1v) is 9.61. The van der Waals surface area contributed by atoms with E-state index in [0.29, 0.717) is 5.13 Å². The molecule has 0 aliphatic heterocycles. The summed E-state index contributed by atoms with van der Waals surface area (Å²) in [5.41, 5.74) is 1.68. The second kappa shape index (κ2) is 8.68. The highest BCUT2D eigenvalue weighted by atomic mass is 32.2. The van der Waals surface area contributed by atoms with Crippen molar-refractivity contribution in [3.05, 3.63) is 54.6 Å². The minimum atomic E-state index is -0.297. The van der Waals surface area contributed by atoms with Gasteiger partial charge in [-0.15, -0.1) is 10.2 Å². The first-order valence-electron chi connectivity index (χ1n) is 7.91. The summed E-state index contributed by atoms with van der Waals surface area (Å²) in [5.74, 6) is 0.658. The molecule has 134 valence electrons. The van der Waals surface area contributed by atoms with Crippen LogP contribution in [0.5, 0.6) is 5.75 Å². The number of para-hydroxylation sites is 1. The Morgan fingerprint density at radius 2 is 1.81 bits per heavy atom. The van der Waals surface area contributed by atoms with E-state index in [1.54, 1.807) is 31.4 Å². The maximum Gasteiger partial charge on any atom is 0.237 e. The molecular weight excluding hydrogens is 368 g/mol. The number of amides is 1. The number of carbonyl (C=O) groups is 1. The van der Waals surface area contributed by atoms with Gasteiger partial charge in [0, 0.05) is 11.4 Å².